The van der Waals surface area contributed by atoms with Gasteiger partial charge in [0, 0.05) is 0 Å². The van der Waals surface area contributed by atoms with Gasteiger partial charge >= 0.3 is 5.24 Å². The number of primary amides is 1. The summed E-state index contributed by atoms with van der Waals surface area (Å²) in [4.78, 5) is 10.6. The quantitative estimate of drug-likeness (QED) is 0.834. The zero-order valence-electron chi connectivity index (χ0n) is 8.60. The maximum absolute atomic E-state index is 11.3. The molecule has 0 radical (unpaired) electrons. The summed E-state index contributed by atoms with van der Waals surface area (Å²) in [6.45, 7) is 4.00. The fraction of sp³-hybridized carbons (Fsp3) is 0.300. The Balaban J connectivity index is 3.16. The lowest BCUT2D eigenvalue weighted by molar-refractivity contribution is 0.265. The second-order valence-corrected chi connectivity index (χ2v) is 5.43. The molecule has 0 fully saturated rings. The lowest BCUT2D eigenvalue weighted by Gasteiger charge is -2.05. The van der Waals surface area contributed by atoms with Crippen molar-refractivity contribution in [3.63, 3.8) is 0 Å². The molecular weight excluding hydrogens is 214 g/mol. The van der Waals surface area contributed by atoms with Gasteiger partial charge < -0.3 is 5.73 Å². The Morgan fingerprint density at radius 1 is 1.20 bits per heavy atom. The standard InChI is InChI=1S/C10H13NO3S/c1-7(2)8-3-5-9(6-4-8)15(13,14)10(11)12/h3-7H,1-2H3,(H2,11,12). The van der Waals surface area contributed by atoms with Crippen LogP contribution in [0.5, 0.6) is 0 Å². The summed E-state index contributed by atoms with van der Waals surface area (Å²) < 4.78 is 22.7. The molecule has 1 amide bonds. The van der Waals surface area contributed by atoms with Crippen LogP contribution in [0.15, 0.2) is 29.2 Å². The molecule has 0 saturated heterocycles. The number of benzene rings is 1. The van der Waals surface area contributed by atoms with Crippen LogP contribution in [0.25, 0.3) is 0 Å². The topological polar surface area (TPSA) is 77.2 Å². The summed E-state index contributed by atoms with van der Waals surface area (Å²) in [5, 5.41) is -1.32. The Labute approximate surface area is 89.0 Å². The molecule has 1 rings (SSSR count). The van der Waals surface area contributed by atoms with Crippen LogP contribution in [-0.2, 0) is 9.84 Å². The molecule has 0 heterocycles. The molecule has 5 heteroatoms. The molecule has 15 heavy (non-hydrogen) atoms. The largest absolute Gasteiger partial charge is 0.356 e. The summed E-state index contributed by atoms with van der Waals surface area (Å²) >= 11 is 0. The van der Waals surface area contributed by atoms with E-state index in [1.165, 1.54) is 12.1 Å². The Bertz CT molecular complexity index is 460. The van der Waals surface area contributed by atoms with Crippen LogP contribution in [0, 0.1) is 0 Å². The van der Waals surface area contributed by atoms with E-state index in [0.717, 1.165) is 5.56 Å². The van der Waals surface area contributed by atoms with Gasteiger partial charge in [0.15, 0.2) is 0 Å². The van der Waals surface area contributed by atoms with Crippen molar-refractivity contribution >= 4 is 15.1 Å². The predicted octanol–water partition coefficient (Wildman–Crippen LogP) is 1.66. The van der Waals surface area contributed by atoms with Crippen LogP contribution < -0.4 is 5.73 Å². The smallest absolute Gasteiger partial charge is 0.338 e. The van der Waals surface area contributed by atoms with E-state index in [2.05, 4.69) is 0 Å². The van der Waals surface area contributed by atoms with Crippen molar-refractivity contribution in [2.45, 2.75) is 24.7 Å². The first-order valence-electron chi connectivity index (χ1n) is 4.50. The van der Waals surface area contributed by atoms with E-state index in [1.54, 1.807) is 12.1 Å². The van der Waals surface area contributed by atoms with Gasteiger partial charge in [0.05, 0.1) is 4.90 Å². The number of amides is 1. The van der Waals surface area contributed by atoms with Crippen molar-refractivity contribution in [1.29, 1.82) is 0 Å². The SMILES string of the molecule is CC(C)c1ccc(S(=O)(=O)C(N)=O)cc1. The molecule has 0 unspecified atom stereocenters. The van der Waals surface area contributed by atoms with E-state index < -0.39 is 15.1 Å². The lowest BCUT2D eigenvalue weighted by Crippen LogP contribution is -2.21. The highest BCUT2D eigenvalue weighted by atomic mass is 32.2. The van der Waals surface area contributed by atoms with Crippen LogP contribution in [0.1, 0.15) is 25.3 Å². The van der Waals surface area contributed by atoms with Gasteiger partial charge in [-0.15, -0.1) is 0 Å². The molecule has 0 atom stereocenters. The van der Waals surface area contributed by atoms with Crippen LogP contribution in [0.4, 0.5) is 4.79 Å². The van der Waals surface area contributed by atoms with Gasteiger partial charge in [-0.25, -0.2) is 8.42 Å². The second-order valence-electron chi connectivity index (χ2n) is 3.55. The molecular formula is C10H13NO3S. The van der Waals surface area contributed by atoms with E-state index in [-0.39, 0.29) is 4.90 Å². The zero-order valence-corrected chi connectivity index (χ0v) is 9.41. The van der Waals surface area contributed by atoms with Gasteiger partial charge in [0.2, 0.25) is 0 Å². The molecule has 1 aromatic carbocycles. The number of sulfone groups is 1. The predicted molar refractivity (Wildman–Crippen MR) is 57.3 cm³/mol. The van der Waals surface area contributed by atoms with Crippen LogP contribution >= 0.6 is 0 Å². The average Bonchev–Trinajstić information content (AvgIpc) is 2.17. The van der Waals surface area contributed by atoms with Crippen LogP contribution in [0.3, 0.4) is 0 Å². The summed E-state index contributed by atoms with van der Waals surface area (Å²) in [5.74, 6) is 0.315. The minimum absolute atomic E-state index is 0.0561. The van der Waals surface area contributed by atoms with Crippen molar-refractivity contribution in [1.82, 2.24) is 0 Å². The minimum atomic E-state index is -3.98. The van der Waals surface area contributed by atoms with Gasteiger partial charge in [0.25, 0.3) is 9.84 Å². The highest BCUT2D eigenvalue weighted by molar-refractivity contribution is 8.06. The number of carbonyl (C=O) groups excluding carboxylic acids is 1. The fourth-order valence-corrected chi connectivity index (χ4v) is 1.87. The molecule has 82 valence electrons. The lowest BCUT2D eigenvalue weighted by atomic mass is 10.0. The molecule has 0 spiro atoms. The number of hydrogen-bond donors (Lipinski definition) is 1. The van der Waals surface area contributed by atoms with E-state index in [4.69, 9.17) is 5.73 Å². The molecule has 2 N–H and O–H groups in total. The Morgan fingerprint density at radius 2 is 1.67 bits per heavy atom. The summed E-state index contributed by atoms with van der Waals surface area (Å²) in [6.07, 6.45) is 0. The van der Waals surface area contributed by atoms with Crippen molar-refractivity contribution in [2.75, 3.05) is 0 Å². The minimum Gasteiger partial charge on any atom is -0.356 e. The van der Waals surface area contributed by atoms with E-state index in [9.17, 15) is 13.2 Å². The van der Waals surface area contributed by atoms with Crippen LogP contribution in [0.2, 0.25) is 0 Å². The van der Waals surface area contributed by atoms with Gasteiger partial charge in [-0.05, 0) is 23.6 Å². The third kappa shape index (κ3) is 2.36. The van der Waals surface area contributed by atoms with Gasteiger partial charge in [-0.2, -0.15) is 0 Å². The molecule has 0 aliphatic heterocycles. The van der Waals surface area contributed by atoms with Gasteiger partial charge in [-0.1, -0.05) is 26.0 Å². The molecule has 4 nitrogen and oxygen atoms in total. The van der Waals surface area contributed by atoms with E-state index in [1.807, 2.05) is 13.8 Å². The highest BCUT2D eigenvalue weighted by Gasteiger charge is 2.21. The van der Waals surface area contributed by atoms with Crippen molar-refractivity contribution in [3.05, 3.63) is 29.8 Å². The maximum Gasteiger partial charge on any atom is 0.338 e. The van der Waals surface area contributed by atoms with E-state index >= 15 is 0 Å². The first kappa shape index (κ1) is 11.7. The van der Waals surface area contributed by atoms with Crippen molar-refractivity contribution < 1.29 is 13.2 Å². The average molecular weight is 227 g/mol. The monoisotopic (exact) mass is 227 g/mol. The first-order chi connectivity index (χ1) is 6.85. The zero-order chi connectivity index (χ0) is 11.6. The van der Waals surface area contributed by atoms with Gasteiger partial charge in [0.1, 0.15) is 0 Å². The van der Waals surface area contributed by atoms with E-state index in [0.29, 0.717) is 5.92 Å². The number of rotatable bonds is 2. The third-order valence-electron chi connectivity index (χ3n) is 2.12. The number of nitrogens with two attached hydrogens (primary N) is 1. The van der Waals surface area contributed by atoms with Crippen LogP contribution in [-0.4, -0.2) is 13.7 Å². The first-order valence-corrected chi connectivity index (χ1v) is 5.98. The Kier molecular flexibility index (Phi) is 3.14. The second kappa shape index (κ2) is 4.02. The maximum atomic E-state index is 11.3. The third-order valence-corrected chi connectivity index (χ3v) is 3.54. The molecule has 0 aliphatic carbocycles. The summed E-state index contributed by atoms with van der Waals surface area (Å²) in [7, 11) is -3.98. The Morgan fingerprint density at radius 3 is 2.00 bits per heavy atom. The number of carbonyl (C=O) groups is 1. The molecule has 0 aromatic heterocycles. The molecule has 1 aromatic rings. The molecule has 0 bridgehead atoms. The summed E-state index contributed by atoms with van der Waals surface area (Å²) in [6, 6.07) is 6.16. The molecule has 0 aliphatic rings. The highest BCUT2D eigenvalue weighted by Crippen LogP contribution is 2.17. The Hall–Kier alpha value is -1.36. The van der Waals surface area contributed by atoms with Gasteiger partial charge in [-0.3, -0.25) is 4.79 Å². The normalized spacial score (nSPS) is 11.7. The fourth-order valence-electron chi connectivity index (χ4n) is 1.15. The number of hydrogen-bond acceptors (Lipinski definition) is 3. The van der Waals surface area contributed by atoms with Crippen molar-refractivity contribution in [2.24, 2.45) is 5.73 Å². The summed E-state index contributed by atoms with van der Waals surface area (Å²) in [5.41, 5.74) is 5.79. The van der Waals surface area contributed by atoms with Crippen molar-refractivity contribution in [3.8, 4) is 0 Å². The molecule has 0 saturated carbocycles.